The predicted molar refractivity (Wildman–Crippen MR) is 67.8 cm³/mol. The molecule has 0 radical (unpaired) electrons. The molecule has 0 saturated heterocycles. The van der Waals surface area contributed by atoms with Crippen LogP contribution in [0.3, 0.4) is 0 Å². The molecular weight excluding hydrogens is 226 g/mol. The molecule has 2 aromatic rings. The molecule has 0 bridgehead atoms. The number of aromatic nitrogens is 3. The van der Waals surface area contributed by atoms with Crippen molar-refractivity contribution in [3.8, 4) is 6.07 Å². The van der Waals surface area contributed by atoms with Crippen LogP contribution in [-0.2, 0) is 0 Å². The van der Waals surface area contributed by atoms with Crippen LogP contribution in [0.2, 0.25) is 0 Å². The van der Waals surface area contributed by atoms with Crippen molar-refractivity contribution >= 4 is 5.95 Å². The standard InChI is InChI=1S/C13H13N5/c1-9-7-11(8-14)18-13(16-9)17-10(2)12-5-3-4-6-15-12/h3-7,10H,1-2H3,(H,16,17,18). The van der Waals surface area contributed by atoms with E-state index >= 15 is 0 Å². The minimum absolute atomic E-state index is 0.0143. The molecule has 0 amide bonds. The molecule has 5 heteroatoms. The van der Waals surface area contributed by atoms with Gasteiger partial charge in [-0.2, -0.15) is 5.26 Å². The van der Waals surface area contributed by atoms with Crippen LogP contribution in [-0.4, -0.2) is 15.0 Å². The fraction of sp³-hybridized carbons (Fsp3) is 0.231. The Hall–Kier alpha value is -2.48. The summed E-state index contributed by atoms with van der Waals surface area (Å²) >= 11 is 0. The van der Waals surface area contributed by atoms with Crippen LogP contribution < -0.4 is 5.32 Å². The Bertz CT molecular complexity index is 574. The van der Waals surface area contributed by atoms with Crippen molar-refractivity contribution < 1.29 is 0 Å². The molecular formula is C13H13N5. The zero-order valence-corrected chi connectivity index (χ0v) is 10.3. The highest BCUT2D eigenvalue weighted by Gasteiger charge is 2.08. The largest absolute Gasteiger partial charge is 0.346 e. The average Bonchev–Trinajstić information content (AvgIpc) is 2.39. The maximum absolute atomic E-state index is 8.86. The van der Waals surface area contributed by atoms with Gasteiger partial charge >= 0.3 is 0 Å². The number of aryl methyl sites for hydroxylation is 1. The normalized spacial score (nSPS) is 11.6. The Kier molecular flexibility index (Phi) is 3.49. The van der Waals surface area contributed by atoms with E-state index in [-0.39, 0.29) is 6.04 Å². The van der Waals surface area contributed by atoms with Crippen LogP contribution in [0.4, 0.5) is 5.95 Å². The Balaban J connectivity index is 2.20. The monoisotopic (exact) mass is 239 g/mol. The summed E-state index contributed by atoms with van der Waals surface area (Å²) in [5.74, 6) is 0.449. The number of nitrogens with zero attached hydrogens (tertiary/aromatic N) is 4. The smallest absolute Gasteiger partial charge is 0.224 e. The van der Waals surface area contributed by atoms with Gasteiger partial charge in [0, 0.05) is 11.9 Å². The van der Waals surface area contributed by atoms with Crippen LogP contribution in [0.15, 0.2) is 30.5 Å². The summed E-state index contributed by atoms with van der Waals surface area (Å²) in [7, 11) is 0. The maximum atomic E-state index is 8.86. The molecule has 0 aliphatic rings. The van der Waals surface area contributed by atoms with Gasteiger partial charge in [0.05, 0.1) is 11.7 Å². The summed E-state index contributed by atoms with van der Waals surface area (Å²) in [5.41, 5.74) is 2.02. The van der Waals surface area contributed by atoms with Crippen molar-refractivity contribution in [2.24, 2.45) is 0 Å². The molecule has 1 atom stereocenters. The van der Waals surface area contributed by atoms with Gasteiger partial charge in [-0.25, -0.2) is 9.97 Å². The fourth-order valence-corrected chi connectivity index (χ4v) is 1.59. The summed E-state index contributed by atoms with van der Waals surface area (Å²) in [6.07, 6.45) is 1.74. The molecule has 1 unspecified atom stereocenters. The minimum atomic E-state index is -0.0143. The second-order valence-electron chi connectivity index (χ2n) is 3.95. The molecule has 18 heavy (non-hydrogen) atoms. The molecule has 0 aliphatic heterocycles. The Morgan fingerprint density at radius 1 is 1.33 bits per heavy atom. The predicted octanol–water partition coefficient (Wildman–Crippen LogP) is 2.22. The summed E-state index contributed by atoms with van der Waals surface area (Å²) in [6, 6.07) is 9.38. The Morgan fingerprint density at radius 3 is 2.83 bits per heavy atom. The summed E-state index contributed by atoms with van der Waals surface area (Å²) < 4.78 is 0. The number of nitrogens with one attached hydrogen (secondary N) is 1. The lowest BCUT2D eigenvalue weighted by atomic mass is 10.2. The number of hydrogen-bond donors (Lipinski definition) is 1. The van der Waals surface area contributed by atoms with Crippen LogP contribution in [0.25, 0.3) is 0 Å². The van der Waals surface area contributed by atoms with E-state index in [1.807, 2.05) is 38.1 Å². The first-order valence-electron chi connectivity index (χ1n) is 5.62. The van der Waals surface area contributed by atoms with Gasteiger partial charge < -0.3 is 5.32 Å². The molecule has 2 rings (SSSR count). The van der Waals surface area contributed by atoms with E-state index in [2.05, 4.69) is 20.3 Å². The first-order chi connectivity index (χ1) is 8.69. The molecule has 2 aromatic heterocycles. The third-order valence-corrected chi connectivity index (χ3v) is 2.45. The first-order valence-corrected chi connectivity index (χ1v) is 5.62. The summed E-state index contributed by atoms with van der Waals surface area (Å²) in [6.45, 7) is 3.80. The highest BCUT2D eigenvalue weighted by molar-refractivity contribution is 5.35. The van der Waals surface area contributed by atoms with Crippen molar-refractivity contribution in [3.63, 3.8) is 0 Å². The SMILES string of the molecule is Cc1cc(C#N)nc(NC(C)c2ccccn2)n1. The number of rotatable bonds is 3. The average molecular weight is 239 g/mol. The van der Waals surface area contributed by atoms with E-state index in [1.165, 1.54) is 0 Å². The molecule has 0 spiro atoms. The Morgan fingerprint density at radius 2 is 2.17 bits per heavy atom. The zero-order chi connectivity index (χ0) is 13.0. The van der Waals surface area contributed by atoms with Crippen LogP contribution in [0, 0.1) is 18.3 Å². The summed E-state index contributed by atoms with van der Waals surface area (Å²) in [5, 5.41) is 12.0. The second kappa shape index (κ2) is 5.23. The topological polar surface area (TPSA) is 74.5 Å². The maximum Gasteiger partial charge on any atom is 0.224 e. The highest BCUT2D eigenvalue weighted by Crippen LogP contribution is 2.14. The minimum Gasteiger partial charge on any atom is -0.346 e. The van der Waals surface area contributed by atoms with E-state index in [4.69, 9.17) is 5.26 Å². The Labute approximate surface area is 106 Å². The van der Waals surface area contributed by atoms with E-state index in [0.29, 0.717) is 11.6 Å². The molecule has 0 saturated carbocycles. The van der Waals surface area contributed by atoms with Gasteiger partial charge in [-0.1, -0.05) is 6.07 Å². The lowest BCUT2D eigenvalue weighted by Crippen LogP contribution is -2.11. The molecule has 0 fully saturated rings. The first kappa shape index (κ1) is 12.0. The fourth-order valence-electron chi connectivity index (χ4n) is 1.59. The van der Waals surface area contributed by atoms with E-state index in [0.717, 1.165) is 11.4 Å². The van der Waals surface area contributed by atoms with Gasteiger partial charge in [0.2, 0.25) is 5.95 Å². The number of nitriles is 1. The summed E-state index contributed by atoms with van der Waals surface area (Å²) in [4.78, 5) is 12.6. The lowest BCUT2D eigenvalue weighted by Gasteiger charge is -2.13. The van der Waals surface area contributed by atoms with Gasteiger partial charge in [-0.15, -0.1) is 0 Å². The van der Waals surface area contributed by atoms with Gasteiger partial charge in [-0.05, 0) is 32.0 Å². The third-order valence-electron chi connectivity index (χ3n) is 2.45. The second-order valence-corrected chi connectivity index (χ2v) is 3.95. The van der Waals surface area contributed by atoms with Crippen molar-refractivity contribution in [1.82, 2.24) is 15.0 Å². The lowest BCUT2D eigenvalue weighted by molar-refractivity contribution is 0.818. The van der Waals surface area contributed by atoms with Gasteiger partial charge in [0.15, 0.2) is 0 Å². The van der Waals surface area contributed by atoms with Crippen LogP contribution in [0.1, 0.15) is 30.0 Å². The quantitative estimate of drug-likeness (QED) is 0.888. The van der Waals surface area contributed by atoms with Crippen molar-refractivity contribution in [3.05, 3.63) is 47.5 Å². The van der Waals surface area contributed by atoms with Gasteiger partial charge in [0.25, 0.3) is 0 Å². The highest BCUT2D eigenvalue weighted by atomic mass is 15.1. The van der Waals surface area contributed by atoms with Gasteiger partial charge in [0.1, 0.15) is 11.8 Å². The third kappa shape index (κ3) is 2.80. The number of hydrogen-bond acceptors (Lipinski definition) is 5. The van der Waals surface area contributed by atoms with Crippen molar-refractivity contribution in [2.75, 3.05) is 5.32 Å². The molecule has 1 N–H and O–H groups in total. The number of pyridine rings is 1. The molecule has 90 valence electrons. The molecule has 0 aliphatic carbocycles. The van der Waals surface area contributed by atoms with Crippen LogP contribution >= 0.6 is 0 Å². The van der Waals surface area contributed by atoms with Crippen molar-refractivity contribution in [2.45, 2.75) is 19.9 Å². The van der Waals surface area contributed by atoms with Crippen molar-refractivity contribution in [1.29, 1.82) is 5.26 Å². The van der Waals surface area contributed by atoms with Crippen LogP contribution in [0.5, 0.6) is 0 Å². The van der Waals surface area contributed by atoms with E-state index in [9.17, 15) is 0 Å². The number of anilines is 1. The van der Waals surface area contributed by atoms with E-state index in [1.54, 1.807) is 12.3 Å². The molecule has 2 heterocycles. The zero-order valence-electron chi connectivity index (χ0n) is 10.3. The van der Waals surface area contributed by atoms with E-state index < -0.39 is 0 Å². The molecule has 5 nitrogen and oxygen atoms in total. The molecule has 0 aromatic carbocycles. The van der Waals surface area contributed by atoms with Gasteiger partial charge in [-0.3, -0.25) is 4.98 Å².